The molecule has 2 saturated heterocycles. The molecule has 2 heterocycles. The van der Waals surface area contributed by atoms with Crippen LogP contribution in [0, 0.1) is 33.5 Å². The molecule has 0 unspecified atom stereocenters. The van der Waals surface area contributed by atoms with E-state index in [2.05, 4.69) is 12.7 Å². The predicted octanol–water partition coefficient (Wildman–Crippen LogP) is 5.45. The second-order valence-corrected chi connectivity index (χ2v) is 14.0. The number of allylic oxidation sites excluding steroid dienone is 3. The Hall–Kier alpha value is -2.70. The van der Waals surface area contributed by atoms with Crippen LogP contribution in [-0.2, 0) is 23.9 Å². The molecular formula is C33H38O6. The summed E-state index contributed by atoms with van der Waals surface area (Å²) >= 11 is 0. The Bertz CT molecular complexity index is 1400. The molecule has 0 radical (unpaired) electrons. The first-order valence-electron chi connectivity index (χ1n) is 14.0. The second-order valence-electron chi connectivity index (χ2n) is 14.0. The molecule has 6 heteroatoms. The molecule has 206 valence electrons. The first-order chi connectivity index (χ1) is 18.1. The van der Waals surface area contributed by atoms with Crippen molar-refractivity contribution < 1.29 is 28.7 Å². The number of carbonyl (C=O) groups is 4. The van der Waals surface area contributed by atoms with Crippen molar-refractivity contribution >= 4 is 23.1 Å². The van der Waals surface area contributed by atoms with Crippen LogP contribution in [0.3, 0.4) is 0 Å². The number of fused-ring (bicyclic) bond motifs is 1. The van der Waals surface area contributed by atoms with Gasteiger partial charge in [-0.1, -0.05) is 62.4 Å². The first kappa shape index (κ1) is 26.5. The maximum absolute atomic E-state index is 15.5. The molecule has 7 rings (SSSR count). The molecule has 2 aliphatic heterocycles. The fourth-order valence-corrected chi connectivity index (χ4v) is 9.30. The number of ketones is 4. The molecule has 1 aromatic carbocycles. The fraction of sp³-hybridized carbons (Fsp3) is 0.576. The van der Waals surface area contributed by atoms with E-state index >= 15 is 9.59 Å². The van der Waals surface area contributed by atoms with Crippen LogP contribution in [0.25, 0.3) is 0 Å². The molecule has 4 saturated carbocycles. The summed E-state index contributed by atoms with van der Waals surface area (Å²) in [6, 6.07) is 8.63. The van der Waals surface area contributed by atoms with Gasteiger partial charge in [0.2, 0.25) is 0 Å². The average molecular weight is 531 g/mol. The van der Waals surface area contributed by atoms with Gasteiger partial charge >= 0.3 is 0 Å². The maximum atomic E-state index is 15.5. The summed E-state index contributed by atoms with van der Waals surface area (Å²) in [7, 11) is 0. The standard InChI is InChI=1S/C33H38O6/c1-18(2)14-21-22-15-30-17-24-29(7,8)39-33(30,38-24)31(21,16-23(34)19(3)4)27(37)32(26(30)36,28(22,5)6)25(35)20-12-10-9-11-13-20/h9-14,21-22,24H,3,15-17H2,1-2,4-8H3/t21-,22+,24+,30-,31-,32-,33-/m0/s1. The summed E-state index contributed by atoms with van der Waals surface area (Å²) in [6.07, 6.45) is 2.22. The Morgan fingerprint density at radius 3 is 2.21 bits per heavy atom. The highest BCUT2D eigenvalue weighted by molar-refractivity contribution is 6.35. The van der Waals surface area contributed by atoms with E-state index in [4.69, 9.17) is 9.47 Å². The van der Waals surface area contributed by atoms with E-state index in [0.717, 1.165) is 5.57 Å². The van der Waals surface area contributed by atoms with Crippen LogP contribution in [0.1, 0.15) is 78.1 Å². The van der Waals surface area contributed by atoms with Crippen LogP contribution >= 0.6 is 0 Å². The summed E-state index contributed by atoms with van der Waals surface area (Å²) in [4.78, 5) is 59.0. The zero-order valence-corrected chi connectivity index (χ0v) is 24.0. The third-order valence-electron chi connectivity index (χ3n) is 11.0. The molecule has 1 aromatic rings. The van der Waals surface area contributed by atoms with Crippen molar-refractivity contribution in [1.29, 1.82) is 0 Å². The lowest BCUT2D eigenvalue weighted by Gasteiger charge is -2.76. The van der Waals surface area contributed by atoms with Crippen molar-refractivity contribution in [2.45, 2.75) is 85.2 Å². The average Bonchev–Trinajstić information content (AvgIpc) is 3.33. The Balaban J connectivity index is 1.74. The van der Waals surface area contributed by atoms with E-state index < -0.39 is 56.6 Å². The summed E-state index contributed by atoms with van der Waals surface area (Å²) in [5.74, 6) is -3.99. The topological polar surface area (TPSA) is 86.7 Å². The lowest BCUT2D eigenvalue weighted by molar-refractivity contribution is -0.352. The monoisotopic (exact) mass is 530 g/mol. The SMILES string of the molecule is C=C(C)C(=O)C[C@@]12C(=O)[C@]3(C(=O)c4ccccc4)C(=O)[C@]4(C[C@H]([C@@H]1C=C(C)C)C3(C)C)C[C@H]1O[C@]42OC1(C)C. The third kappa shape index (κ3) is 2.62. The van der Waals surface area contributed by atoms with Gasteiger partial charge in [0.05, 0.1) is 22.5 Å². The molecule has 0 amide bonds. The van der Waals surface area contributed by atoms with Crippen molar-refractivity contribution in [3.8, 4) is 0 Å². The van der Waals surface area contributed by atoms with Gasteiger partial charge in [-0.05, 0) is 70.3 Å². The normalized spacial score (nSPS) is 41.9. The fourth-order valence-electron chi connectivity index (χ4n) is 9.30. The quantitative estimate of drug-likeness (QED) is 0.210. The van der Waals surface area contributed by atoms with Gasteiger partial charge in [-0.15, -0.1) is 0 Å². The summed E-state index contributed by atoms with van der Waals surface area (Å²) in [5.41, 5.74) is -4.83. The highest BCUT2D eigenvalue weighted by atomic mass is 16.8. The van der Waals surface area contributed by atoms with E-state index in [1.807, 2.05) is 41.5 Å². The molecule has 2 spiro atoms. The van der Waals surface area contributed by atoms with Gasteiger partial charge in [0.15, 0.2) is 34.3 Å². The predicted molar refractivity (Wildman–Crippen MR) is 145 cm³/mol. The number of carbonyl (C=O) groups excluding carboxylic acids is 4. The number of Topliss-reactive ketones (excluding diaryl/α,β-unsaturated/α-hetero) is 4. The highest BCUT2D eigenvalue weighted by Crippen LogP contribution is 2.84. The Morgan fingerprint density at radius 2 is 1.64 bits per heavy atom. The first-order valence-corrected chi connectivity index (χ1v) is 14.0. The van der Waals surface area contributed by atoms with Gasteiger partial charge < -0.3 is 9.47 Å². The molecule has 0 N–H and O–H groups in total. The summed E-state index contributed by atoms with van der Waals surface area (Å²) in [5, 5.41) is 0. The molecule has 6 fully saturated rings. The Labute approximate surface area is 230 Å². The van der Waals surface area contributed by atoms with Crippen LogP contribution in [0.4, 0.5) is 0 Å². The summed E-state index contributed by atoms with van der Waals surface area (Å²) in [6.45, 7) is 17.1. The van der Waals surface area contributed by atoms with Crippen molar-refractivity contribution in [2.24, 2.45) is 33.5 Å². The van der Waals surface area contributed by atoms with Crippen molar-refractivity contribution in [2.75, 3.05) is 0 Å². The Kier molecular flexibility index (Phi) is 5.12. The zero-order valence-electron chi connectivity index (χ0n) is 24.0. The minimum Gasteiger partial charge on any atom is -0.342 e. The molecule has 39 heavy (non-hydrogen) atoms. The molecule has 7 atom stereocenters. The van der Waals surface area contributed by atoms with Crippen molar-refractivity contribution in [1.82, 2.24) is 0 Å². The van der Waals surface area contributed by atoms with Gasteiger partial charge in [-0.3, -0.25) is 19.2 Å². The zero-order chi connectivity index (χ0) is 28.6. The molecule has 0 aromatic heterocycles. The van der Waals surface area contributed by atoms with Gasteiger partial charge in [0.1, 0.15) is 0 Å². The smallest absolute Gasteiger partial charge is 0.195 e. The maximum Gasteiger partial charge on any atom is 0.195 e. The molecule has 6 nitrogen and oxygen atoms in total. The number of rotatable bonds is 6. The lowest BCUT2D eigenvalue weighted by Crippen LogP contribution is -2.88. The minimum atomic E-state index is -1.95. The summed E-state index contributed by atoms with van der Waals surface area (Å²) < 4.78 is 13.6. The highest BCUT2D eigenvalue weighted by Gasteiger charge is 2.96. The van der Waals surface area contributed by atoms with E-state index in [1.165, 1.54) is 0 Å². The van der Waals surface area contributed by atoms with Crippen LogP contribution in [0.5, 0.6) is 0 Å². The van der Waals surface area contributed by atoms with E-state index in [1.54, 1.807) is 37.3 Å². The molecular weight excluding hydrogens is 492 g/mol. The van der Waals surface area contributed by atoms with E-state index in [0.29, 0.717) is 24.0 Å². The van der Waals surface area contributed by atoms with Gasteiger partial charge in [0, 0.05) is 12.0 Å². The lowest BCUT2D eigenvalue weighted by atomic mass is 9.25. The van der Waals surface area contributed by atoms with Crippen LogP contribution in [0.2, 0.25) is 0 Å². The van der Waals surface area contributed by atoms with Gasteiger partial charge in [-0.2, -0.15) is 0 Å². The minimum absolute atomic E-state index is 0.218. The van der Waals surface area contributed by atoms with Crippen molar-refractivity contribution in [3.63, 3.8) is 0 Å². The van der Waals surface area contributed by atoms with Crippen LogP contribution in [0.15, 0.2) is 54.1 Å². The van der Waals surface area contributed by atoms with Crippen LogP contribution < -0.4 is 0 Å². The third-order valence-corrected chi connectivity index (χ3v) is 11.0. The number of hydrogen-bond acceptors (Lipinski definition) is 6. The number of hydrogen-bond donors (Lipinski definition) is 0. The molecule has 6 aliphatic rings. The largest absolute Gasteiger partial charge is 0.342 e. The van der Waals surface area contributed by atoms with Gasteiger partial charge in [-0.25, -0.2) is 0 Å². The number of ether oxygens (including phenoxy) is 2. The van der Waals surface area contributed by atoms with E-state index in [9.17, 15) is 9.59 Å². The second kappa shape index (κ2) is 7.52. The molecule has 4 aliphatic carbocycles. The van der Waals surface area contributed by atoms with E-state index in [-0.39, 0.29) is 23.9 Å². The Morgan fingerprint density at radius 1 is 1.00 bits per heavy atom. The van der Waals surface area contributed by atoms with Crippen molar-refractivity contribution in [3.05, 3.63) is 59.7 Å². The van der Waals surface area contributed by atoms with Crippen LogP contribution in [-0.4, -0.2) is 40.6 Å². The molecule has 6 bridgehead atoms. The van der Waals surface area contributed by atoms with Gasteiger partial charge in [0.25, 0.3) is 0 Å². The number of benzene rings is 1.